The maximum absolute atomic E-state index is 12.0. The van der Waals surface area contributed by atoms with E-state index in [0.717, 1.165) is 12.8 Å². The van der Waals surface area contributed by atoms with Gasteiger partial charge in [-0.1, -0.05) is 27.7 Å². The van der Waals surface area contributed by atoms with Crippen LogP contribution in [-0.4, -0.2) is 101 Å². The molecule has 6 aliphatic heterocycles. The van der Waals surface area contributed by atoms with E-state index in [2.05, 4.69) is 13.8 Å². The van der Waals surface area contributed by atoms with Gasteiger partial charge in [0.15, 0.2) is 12.1 Å². The zero-order chi connectivity index (χ0) is 27.7. The number of carboxylic acid groups (broad SMARTS) is 1. The molecule has 0 aromatic rings. The average Bonchev–Trinajstić information content (AvgIpc) is 3.32. The topological polar surface area (TPSA) is 142 Å². The van der Waals surface area contributed by atoms with Crippen LogP contribution in [0.5, 0.6) is 0 Å². The molecule has 6 fully saturated rings. The summed E-state index contributed by atoms with van der Waals surface area (Å²) in [5.41, 5.74) is 0. The van der Waals surface area contributed by atoms with Crippen LogP contribution in [0.25, 0.3) is 0 Å². The molecule has 11 heteroatoms. The maximum Gasteiger partial charge on any atom is 0.308 e. The molecule has 6 aliphatic rings. The number of aliphatic hydroxyl groups excluding tert-OH is 1. The summed E-state index contributed by atoms with van der Waals surface area (Å²) in [5, 5.41) is 32.7. The van der Waals surface area contributed by atoms with Crippen LogP contribution in [-0.2, 0) is 38.0 Å². The normalized spacial score (nSPS) is 55.8. The highest BCUT2D eigenvalue weighted by atomic mass is 16.8. The predicted octanol–water partition coefficient (Wildman–Crippen LogP) is 1.81. The molecule has 0 saturated carbocycles. The summed E-state index contributed by atoms with van der Waals surface area (Å²) in [6.45, 7) is 8.91. The van der Waals surface area contributed by atoms with E-state index in [0.29, 0.717) is 25.9 Å². The first-order valence-corrected chi connectivity index (χ1v) is 14.7. The SMILES string of the molecule is C[C@@H]1C[C@@H]2O[C@@H]3[C@@H](C)[C@H](O)[C@]4(O)O[C@]5(CCCO5)[C@@H](C)[C@H](C)[C@H]4O[C@H]3C[C@H]2O[C@H]2COC(CC(=O)O)O[C@@H]2C1. The fourth-order valence-electron chi connectivity index (χ4n) is 7.90. The fraction of sp³-hybridized carbons (Fsp3) is 0.964. The molecule has 39 heavy (non-hydrogen) atoms. The van der Waals surface area contributed by atoms with E-state index in [-0.39, 0.29) is 55.2 Å². The molecule has 6 rings (SSSR count). The molecule has 0 bridgehead atoms. The lowest BCUT2D eigenvalue weighted by atomic mass is 9.74. The predicted molar refractivity (Wildman–Crippen MR) is 133 cm³/mol. The number of carboxylic acids is 1. The zero-order valence-electron chi connectivity index (χ0n) is 23.3. The van der Waals surface area contributed by atoms with Crippen LogP contribution in [0, 0.1) is 23.7 Å². The fourth-order valence-corrected chi connectivity index (χ4v) is 7.90. The Labute approximate surface area is 229 Å². The van der Waals surface area contributed by atoms with Crippen molar-refractivity contribution in [3.05, 3.63) is 0 Å². The minimum absolute atomic E-state index is 0.0453. The number of aliphatic hydroxyl groups is 2. The van der Waals surface area contributed by atoms with Crippen molar-refractivity contribution >= 4 is 5.97 Å². The van der Waals surface area contributed by atoms with E-state index >= 15 is 0 Å². The van der Waals surface area contributed by atoms with Gasteiger partial charge in [0.1, 0.15) is 18.3 Å². The standard InChI is InChI=1S/C28H44O11/c1-13-8-17-19(35-21-12-33-23(11-22(29)30)36-18(21)9-13)10-20-24(37-17)15(3)25(31)28(32)26(38-20)14(2)16(4)27(39-28)6-5-7-34-27/h13-21,23-26,31-32H,5-12H2,1-4H3,(H,29,30)/t13-,14+,15-,16+,17+,18-,19-,20+,21+,23?,24-,25+,26-,27-,28+/m1/s1. The van der Waals surface area contributed by atoms with Crippen molar-refractivity contribution in [1.82, 2.24) is 0 Å². The highest BCUT2D eigenvalue weighted by Crippen LogP contribution is 2.53. The Morgan fingerprint density at radius 3 is 2.31 bits per heavy atom. The summed E-state index contributed by atoms with van der Waals surface area (Å²) < 4.78 is 44.0. The van der Waals surface area contributed by atoms with E-state index in [9.17, 15) is 15.0 Å². The van der Waals surface area contributed by atoms with Gasteiger partial charge in [-0.2, -0.15) is 0 Å². The van der Waals surface area contributed by atoms with Crippen molar-refractivity contribution < 1.29 is 53.3 Å². The molecule has 222 valence electrons. The van der Waals surface area contributed by atoms with E-state index < -0.39 is 54.2 Å². The Morgan fingerprint density at radius 1 is 0.897 bits per heavy atom. The summed E-state index contributed by atoms with van der Waals surface area (Å²) in [6, 6.07) is 0. The van der Waals surface area contributed by atoms with Gasteiger partial charge in [-0.15, -0.1) is 0 Å². The van der Waals surface area contributed by atoms with E-state index in [1.807, 2.05) is 13.8 Å². The molecule has 15 atom stereocenters. The van der Waals surface area contributed by atoms with Crippen LogP contribution in [0.15, 0.2) is 0 Å². The number of fused-ring (bicyclic) bond motifs is 4. The van der Waals surface area contributed by atoms with Crippen LogP contribution < -0.4 is 0 Å². The van der Waals surface area contributed by atoms with Crippen molar-refractivity contribution in [2.24, 2.45) is 23.7 Å². The Hall–Kier alpha value is -0.890. The van der Waals surface area contributed by atoms with Gasteiger partial charge < -0.3 is 48.5 Å². The van der Waals surface area contributed by atoms with Gasteiger partial charge in [-0.3, -0.25) is 4.79 Å². The molecule has 0 aromatic carbocycles. The van der Waals surface area contributed by atoms with Crippen LogP contribution >= 0.6 is 0 Å². The number of carbonyl (C=O) groups is 1. The Kier molecular flexibility index (Phi) is 7.55. The minimum atomic E-state index is -1.93. The second-order valence-corrected chi connectivity index (χ2v) is 12.9. The molecule has 0 radical (unpaired) electrons. The van der Waals surface area contributed by atoms with Gasteiger partial charge in [-0.25, -0.2) is 0 Å². The molecule has 0 aromatic heterocycles. The third kappa shape index (κ3) is 4.85. The largest absolute Gasteiger partial charge is 0.481 e. The number of hydrogen-bond donors (Lipinski definition) is 3. The average molecular weight is 557 g/mol. The molecule has 3 N–H and O–H groups in total. The Bertz CT molecular complexity index is 910. The molecule has 0 amide bonds. The molecular formula is C28H44O11. The van der Waals surface area contributed by atoms with Crippen molar-refractivity contribution in [1.29, 1.82) is 0 Å². The maximum atomic E-state index is 12.0. The Balaban J connectivity index is 1.24. The van der Waals surface area contributed by atoms with Gasteiger partial charge in [0.05, 0.1) is 50.2 Å². The van der Waals surface area contributed by atoms with Gasteiger partial charge in [0.2, 0.25) is 5.79 Å². The summed E-state index contributed by atoms with van der Waals surface area (Å²) >= 11 is 0. The molecule has 6 saturated heterocycles. The van der Waals surface area contributed by atoms with E-state index in [4.69, 9.17) is 38.3 Å². The molecule has 6 heterocycles. The van der Waals surface area contributed by atoms with E-state index in [1.165, 1.54) is 0 Å². The van der Waals surface area contributed by atoms with Crippen molar-refractivity contribution in [3.8, 4) is 0 Å². The monoisotopic (exact) mass is 556 g/mol. The minimum Gasteiger partial charge on any atom is -0.481 e. The zero-order valence-corrected chi connectivity index (χ0v) is 23.3. The second kappa shape index (κ2) is 10.4. The third-order valence-electron chi connectivity index (χ3n) is 10.2. The van der Waals surface area contributed by atoms with Gasteiger partial charge >= 0.3 is 5.97 Å². The lowest BCUT2D eigenvalue weighted by Gasteiger charge is -2.54. The highest BCUT2D eigenvalue weighted by Gasteiger charge is 2.66. The number of rotatable bonds is 2. The number of ether oxygens (including phenoxy) is 7. The van der Waals surface area contributed by atoms with Crippen LogP contribution in [0.1, 0.15) is 66.2 Å². The van der Waals surface area contributed by atoms with Crippen LogP contribution in [0.2, 0.25) is 0 Å². The molecule has 0 aliphatic carbocycles. The smallest absolute Gasteiger partial charge is 0.308 e. The lowest BCUT2D eigenvalue weighted by molar-refractivity contribution is -0.436. The first kappa shape index (κ1) is 28.2. The summed E-state index contributed by atoms with van der Waals surface area (Å²) in [5.74, 6) is -4.26. The van der Waals surface area contributed by atoms with Crippen LogP contribution in [0.3, 0.4) is 0 Å². The third-order valence-corrected chi connectivity index (χ3v) is 10.2. The number of aliphatic carboxylic acids is 1. The van der Waals surface area contributed by atoms with Crippen molar-refractivity contribution in [2.75, 3.05) is 13.2 Å². The van der Waals surface area contributed by atoms with Crippen molar-refractivity contribution in [3.63, 3.8) is 0 Å². The second-order valence-electron chi connectivity index (χ2n) is 12.9. The summed E-state index contributed by atoms with van der Waals surface area (Å²) in [4.78, 5) is 11.2. The first-order chi connectivity index (χ1) is 18.5. The first-order valence-electron chi connectivity index (χ1n) is 14.7. The molecule has 11 nitrogen and oxygen atoms in total. The van der Waals surface area contributed by atoms with Gasteiger partial charge in [-0.05, 0) is 31.1 Å². The summed E-state index contributed by atoms with van der Waals surface area (Å²) in [6.07, 6.45) is -1.58. The molecule has 1 spiro atoms. The van der Waals surface area contributed by atoms with Gasteiger partial charge in [0, 0.05) is 24.7 Å². The highest BCUT2D eigenvalue weighted by molar-refractivity contribution is 5.67. The quantitative estimate of drug-likeness (QED) is 0.458. The summed E-state index contributed by atoms with van der Waals surface area (Å²) in [7, 11) is 0. The van der Waals surface area contributed by atoms with Crippen LogP contribution in [0.4, 0.5) is 0 Å². The van der Waals surface area contributed by atoms with Crippen molar-refractivity contribution in [2.45, 2.75) is 133 Å². The molecular weight excluding hydrogens is 512 g/mol. The lowest BCUT2D eigenvalue weighted by Crippen LogP contribution is -2.69. The van der Waals surface area contributed by atoms with Gasteiger partial charge in [0.25, 0.3) is 0 Å². The number of hydrogen-bond acceptors (Lipinski definition) is 10. The molecule has 1 unspecified atom stereocenters. The Morgan fingerprint density at radius 2 is 1.62 bits per heavy atom. The van der Waals surface area contributed by atoms with E-state index in [1.54, 1.807) is 0 Å².